The normalized spacial score (nSPS) is 11.7. The maximum absolute atomic E-state index is 12.8. The molecule has 0 aliphatic rings. The molecule has 0 aliphatic heterocycles. The smallest absolute Gasteiger partial charge is 0.306 e. The number of hydrogen-bond donors (Lipinski definition) is 0. The van der Waals surface area contributed by atoms with E-state index >= 15 is 0 Å². The Morgan fingerprint density at radius 1 is 0.423 bits per heavy atom. The molecule has 0 fully saturated rings. The lowest BCUT2D eigenvalue weighted by Gasteiger charge is -2.23. The van der Waals surface area contributed by atoms with Crippen LogP contribution in [0.5, 0.6) is 0 Å². The molecule has 0 atom stereocenters. The number of hydrogen-bond acceptors (Lipinski definition) is 5. The van der Waals surface area contributed by atoms with Crippen molar-refractivity contribution in [1.29, 1.82) is 0 Å². The minimum atomic E-state index is -0.00866. The van der Waals surface area contributed by atoms with E-state index in [2.05, 4.69) is 39.5 Å². The van der Waals surface area contributed by atoms with Gasteiger partial charge in [-0.2, -0.15) is 0 Å². The number of nitrogens with zero attached hydrogens (tertiary/aromatic N) is 1. The molecule has 0 unspecified atom stereocenters. The summed E-state index contributed by atoms with van der Waals surface area (Å²) < 4.78 is 11.6. The Morgan fingerprint density at radius 3 is 1.29 bits per heavy atom. The zero-order chi connectivity index (χ0) is 38.2. The van der Waals surface area contributed by atoms with Crippen LogP contribution in [0, 0.1) is 5.92 Å². The van der Waals surface area contributed by atoms with Gasteiger partial charge in [0, 0.05) is 12.8 Å². The SMILES string of the molecule is CCCCCCCCCCCOC(=O)CCCCCN(CCCCCCCC(=O)OC(CCCCCCCC)CCCCCCCC)CCC(C)C. The van der Waals surface area contributed by atoms with Gasteiger partial charge in [0.1, 0.15) is 6.10 Å². The second-order valence-electron chi connectivity index (χ2n) is 16.6. The van der Waals surface area contributed by atoms with Crippen LogP contribution >= 0.6 is 0 Å². The van der Waals surface area contributed by atoms with E-state index in [0.29, 0.717) is 19.4 Å². The van der Waals surface area contributed by atoms with Crippen LogP contribution < -0.4 is 0 Å². The van der Waals surface area contributed by atoms with Crippen LogP contribution in [0.4, 0.5) is 0 Å². The minimum absolute atomic E-state index is 0.00866. The summed E-state index contributed by atoms with van der Waals surface area (Å²) >= 11 is 0. The van der Waals surface area contributed by atoms with Crippen LogP contribution in [0.1, 0.15) is 253 Å². The Balaban J connectivity index is 4.12. The van der Waals surface area contributed by atoms with Crippen LogP contribution in [0.15, 0.2) is 0 Å². The Kier molecular flexibility index (Phi) is 40.2. The lowest BCUT2D eigenvalue weighted by atomic mass is 10.0. The number of carbonyl (C=O) groups is 2. The van der Waals surface area contributed by atoms with Crippen molar-refractivity contribution < 1.29 is 19.1 Å². The lowest BCUT2D eigenvalue weighted by Crippen LogP contribution is -2.28. The molecule has 0 aromatic heterocycles. The van der Waals surface area contributed by atoms with Gasteiger partial charge in [0.15, 0.2) is 0 Å². The standard InChI is InChI=1S/C47H93NO4/c1-6-9-12-15-18-19-20-26-34-43-51-46(49)37-31-27-33-41-48(42-39-44(4)5)40-32-25-21-24-30-38-47(50)52-45(35-28-22-16-13-10-7-2)36-29-23-17-14-11-8-3/h44-45H,6-43H2,1-5H3. The summed E-state index contributed by atoms with van der Waals surface area (Å²) in [5.41, 5.74) is 0. The molecule has 5 heteroatoms. The average molecular weight is 736 g/mol. The fraction of sp³-hybridized carbons (Fsp3) is 0.957. The first-order valence-corrected chi connectivity index (χ1v) is 23.5. The average Bonchev–Trinajstić information content (AvgIpc) is 3.13. The van der Waals surface area contributed by atoms with Crippen molar-refractivity contribution in [2.75, 3.05) is 26.2 Å². The largest absolute Gasteiger partial charge is 0.466 e. The molecular formula is C47H93NO4. The van der Waals surface area contributed by atoms with Gasteiger partial charge in [0.05, 0.1) is 6.61 Å². The van der Waals surface area contributed by atoms with Gasteiger partial charge in [-0.1, -0.05) is 176 Å². The highest BCUT2D eigenvalue weighted by Gasteiger charge is 2.14. The highest BCUT2D eigenvalue weighted by atomic mass is 16.5. The lowest BCUT2D eigenvalue weighted by molar-refractivity contribution is -0.150. The first-order chi connectivity index (χ1) is 25.4. The van der Waals surface area contributed by atoms with Crippen LogP contribution in [0.3, 0.4) is 0 Å². The van der Waals surface area contributed by atoms with Gasteiger partial charge in [-0.05, 0) is 89.8 Å². The third-order valence-corrected chi connectivity index (χ3v) is 10.8. The maximum Gasteiger partial charge on any atom is 0.306 e. The molecule has 0 bridgehead atoms. The van der Waals surface area contributed by atoms with E-state index in [1.807, 2.05) is 0 Å². The van der Waals surface area contributed by atoms with E-state index in [1.165, 1.54) is 161 Å². The maximum atomic E-state index is 12.8. The van der Waals surface area contributed by atoms with Crippen molar-refractivity contribution in [3.05, 3.63) is 0 Å². The Morgan fingerprint density at radius 2 is 0.808 bits per heavy atom. The summed E-state index contributed by atoms with van der Waals surface area (Å²) in [4.78, 5) is 27.6. The van der Waals surface area contributed by atoms with Crippen molar-refractivity contribution in [3.8, 4) is 0 Å². The van der Waals surface area contributed by atoms with Gasteiger partial charge in [-0.25, -0.2) is 0 Å². The van der Waals surface area contributed by atoms with E-state index in [1.54, 1.807) is 0 Å². The van der Waals surface area contributed by atoms with Gasteiger partial charge >= 0.3 is 11.9 Å². The van der Waals surface area contributed by atoms with Crippen LogP contribution in [0.25, 0.3) is 0 Å². The minimum Gasteiger partial charge on any atom is -0.466 e. The van der Waals surface area contributed by atoms with Crippen LogP contribution in [0.2, 0.25) is 0 Å². The third kappa shape index (κ3) is 38.6. The summed E-state index contributed by atoms with van der Waals surface area (Å²) in [6.07, 6.45) is 40.6. The molecule has 52 heavy (non-hydrogen) atoms. The summed E-state index contributed by atoms with van der Waals surface area (Å²) in [6.45, 7) is 15.5. The summed E-state index contributed by atoms with van der Waals surface area (Å²) in [7, 11) is 0. The van der Waals surface area contributed by atoms with Gasteiger partial charge in [-0.3, -0.25) is 9.59 Å². The number of carbonyl (C=O) groups excluding carboxylic acids is 2. The summed E-state index contributed by atoms with van der Waals surface area (Å²) in [5, 5.41) is 0. The van der Waals surface area contributed by atoms with Crippen molar-refractivity contribution in [2.24, 2.45) is 5.92 Å². The highest BCUT2D eigenvalue weighted by Crippen LogP contribution is 2.19. The topological polar surface area (TPSA) is 55.8 Å². The molecule has 0 saturated heterocycles. The summed E-state index contributed by atoms with van der Waals surface area (Å²) in [5.74, 6) is 0.749. The van der Waals surface area contributed by atoms with Crippen molar-refractivity contribution in [2.45, 2.75) is 259 Å². The van der Waals surface area contributed by atoms with E-state index in [4.69, 9.17) is 9.47 Å². The molecule has 0 amide bonds. The molecule has 310 valence electrons. The van der Waals surface area contributed by atoms with E-state index in [-0.39, 0.29) is 18.0 Å². The third-order valence-electron chi connectivity index (χ3n) is 10.8. The van der Waals surface area contributed by atoms with Gasteiger partial charge in [-0.15, -0.1) is 0 Å². The molecule has 5 nitrogen and oxygen atoms in total. The van der Waals surface area contributed by atoms with Crippen molar-refractivity contribution in [3.63, 3.8) is 0 Å². The van der Waals surface area contributed by atoms with E-state index in [9.17, 15) is 9.59 Å². The van der Waals surface area contributed by atoms with Crippen LogP contribution in [-0.2, 0) is 19.1 Å². The van der Waals surface area contributed by atoms with Gasteiger partial charge < -0.3 is 14.4 Å². The predicted octanol–water partition coefficient (Wildman–Crippen LogP) is 14.7. The van der Waals surface area contributed by atoms with Gasteiger partial charge in [0.25, 0.3) is 0 Å². The van der Waals surface area contributed by atoms with Gasteiger partial charge in [0.2, 0.25) is 0 Å². The molecule has 0 spiro atoms. The number of rotatable bonds is 42. The molecule has 0 aliphatic carbocycles. The first kappa shape index (κ1) is 50.9. The van der Waals surface area contributed by atoms with Crippen LogP contribution in [-0.4, -0.2) is 49.2 Å². The second-order valence-corrected chi connectivity index (χ2v) is 16.6. The summed E-state index contributed by atoms with van der Waals surface area (Å²) in [6, 6.07) is 0. The molecule has 0 rings (SSSR count). The fourth-order valence-corrected chi connectivity index (χ4v) is 7.18. The number of ether oxygens (including phenoxy) is 2. The monoisotopic (exact) mass is 736 g/mol. The van der Waals surface area contributed by atoms with E-state index in [0.717, 1.165) is 70.4 Å². The quantitative estimate of drug-likeness (QED) is 0.0461. The second kappa shape index (κ2) is 41.1. The molecule has 0 N–H and O–H groups in total. The Hall–Kier alpha value is -1.10. The fourth-order valence-electron chi connectivity index (χ4n) is 7.18. The van der Waals surface area contributed by atoms with Crippen molar-refractivity contribution >= 4 is 11.9 Å². The first-order valence-electron chi connectivity index (χ1n) is 23.5. The van der Waals surface area contributed by atoms with Crippen molar-refractivity contribution in [1.82, 2.24) is 4.90 Å². The number of unbranched alkanes of at least 4 members (excludes halogenated alkanes) is 24. The number of esters is 2. The zero-order valence-corrected chi connectivity index (χ0v) is 36.1. The molecule has 0 aromatic rings. The Bertz CT molecular complexity index is 725. The molecule has 0 saturated carbocycles. The molecule has 0 heterocycles. The zero-order valence-electron chi connectivity index (χ0n) is 36.1. The molecular weight excluding hydrogens is 643 g/mol. The molecule has 0 radical (unpaired) electrons. The Labute approximate surface area is 326 Å². The molecule has 0 aromatic carbocycles. The van der Waals surface area contributed by atoms with E-state index < -0.39 is 0 Å². The predicted molar refractivity (Wildman–Crippen MR) is 226 cm³/mol. The highest BCUT2D eigenvalue weighted by molar-refractivity contribution is 5.69.